The van der Waals surface area contributed by atoms with E-state index in [9.17, 15) is 10.1 Å². The highest BCUT2D eigenvalue weighted by molar-refractivity contribution is 5.85. The summed E-state index contributed by atoms with van der Waals surface area (Å²) in [6, 6.07) is 3.33. The van der Waals surface area contributed by atoms with Crippen LogP contribution in [0, 0.1) is 10.1 Å². The summed E-state index contributed by atoms with van der Waals surface area (Å²) in [6.07, 6.45) is 3.58. The largest absolute Gasteiger partial charge is 0.490 e. The van der Waals surface area contributed by atoms with Gasteiger partial charge in [0.2, 0.25) is 0 Å². The van der Waals surface area contributed by atoms with Crippen LogP contribution in [0.15, 0.2) is 24.5 Å². The highest BCUT2D eigenvalue weighted by Gasteiger charge is 2.24. The predicted molar refractivity (Wildman–Crippen MR) is 94.2 cm³/mol. The van der Waals surface area contributed by atoms with E-state index < -0.39 is 4.92 Å². The lowest BCUT2D eigenvalue weighted by atomic mass is 10.0. The van der Waals surface area contributed by atoms with Crippen molar-refractivity contribution in [3.63, 3.8) is 0 Å². The second kappa shape index (κ2) is 7.50. The van der Waals surface area contributed by atoms with Crippen molar-refractivity contribution in [2.24, 2.45) is 7.05 Å². The van der Waals surface area contributed by atoms with Crippen LogP contribution in [0.4, 0.5) is 11.4 Å². The number of benzene rings is 1. The summed E-state index contributed by atoms with van der Waals surface area (Å²) in [4.78, 5) is 13.1. The smallest absolute Gasteiger partial charge is 0.311 e. The summed E-state index contributed by atoms with van der Waals surface area (Å²) >= 11 is 0. The molecule has 0 radical (unpaired) electrons. The summed E-state index contributed by atoms with van der Waals surface area (Å²) in [7, 11) is 3.28. The Bertz CT molecular complexity index is 728. The van der Waals surface area contributed by atoms with Gasteiger partial charge >= 0.3 is 5.69 Å². The van der Waals surface area contributed by atoms with Gasteiger partial charge in [-0.1, -0.05) is 0 Å². The number of hydrogen-bond acceptors (Lipinski definition) is 6. The first-order chi connectivity index (χ1) is 11.1. The monoisotopic (exact) mass is 353 g/mol. The molecule has 130 valence electrons. The Morgan fingerprint density at radius 1 is 1.33 bits per heavy atom. The third-order valence-corrected chi connectivity index (χ3v) is 3.97. The zero-order valence-corrected chi connectivity index (χ0v) is 14.4. The highest BCUT2D eigenvalue weighted by Crippen LogP contribution is 2.40. The first kappa shape index (κ1) is 18.0. The molecule has 0 atom stereocenters. The second-order valence-corrected chi connectivity index (χ2v) is 5.44. The maximum Gasteiger partial charge on any atom is 0.311 e. The number of halogens is 1. The van der Waals surface area contributed by atoms with Crippen LogP contribution in [-0.4, -0.2) is 48.0 Å². The molecule has 0 unspecified atom stereocenters. The lowest BCUT2D eigenvalue weighted by molar-refractivity contribution is -0.385. The van der Waals surface area contributed by atoms with Crippen LogP contribution < -0.4 is 15.0 Å². The average Bonchev–Trinajstić information content (AvgIpc) is 3.00. The molecule has 1 aromatic heterocycles. The van der Waals surface area contributed by atoms with E-state index in [0.717, 1.165) is 43.0 Å². The number of nitrogens with zero attached hydrogens (tertiary/aromatic N) is 4. The molecular weight excluding hydrogens is 334 g/mol. The van der Waals surface area contributed by atoms with Crippen LogP contribution >= 0.6 is 12.4 Å². The summed E-state index contributed by atoms with van der Waals surface area (Å²) < 4.78 is 6.92. The van der Waals surface area contributed by atoms with Crippen molar-refractivity contribution in [2.75, 3.05) is 38.2 Å². The summed E-state index contributed by atoms with van der Waals surface area (Å²) in [5, 5.41) is 18.8. The first-order valence-corrected chi connectivity index (χ1v) is 7.41. The normalized spacial score (nSPS) is 14.2. The standard InChI is InChI=1S/C15H19N5O3.ClH/c1-18-10-11(9-17-18)12-7-14(20(21)22)15(23-2)8-13(12)19-5-3-16-4-6-19;/h7-10,16H,3-6H2,1-2H3;1H. The van der Waals surface area contributed by atoms with Crippen LogP contribution in [0.3, 0.4) is 0 Å². The number of piperazine rings is 1. The maximum atomic E-state index is 11.3. The van der Waals surface area contributed by atoms with Crippen molar-refractivity contribution in [1.82, 2.24) is 15.1 Å². The van der Waals surface area contributed by atoms with Gasteiger partial charge in [0.1, 0.15) is 0 Å². The first-order valence-electron chi connectivity index (χ1n) is 7.41. The molecular formula is C15H20ClN5O3. The zero-order chi connectivity index (χ0) is 16.4. The maximum absolute atomic E-state index is 11.3. The molecule has 1 fully saturated rings. The Morgan fingerprint density at radius 3 is 2.58 bits per heavy atom. The summed E-state index contributed by atoms with van der Waals surface area (Å²) in [5.41, 5.74) is 2.55. The Kier molecular flexibility index (Phi) is 5.63. The molecule has 1 saturated heterocycles. The lowest BCUT2D eigenvalue weighted by Gasteiger charge is -2.31. The van der Waals surface area contributed by atoms with Crippen LogP contribution in [0.5, 0.6) is 5.75 Å². The number of hydrogen-bond donors (Lipinski definition) is 1. The minimum atomic E-state index is -0.416. The number of rotatable bonds is 4. The van der Waals surface area contributed by atoms with E-state index in [4.69, 9.17) is 4.74 Å². The number of aryl methyl sites for hydroxylation is 1. The number of methoxy groups -OCH3 is 1. The van der Waals surface area contributed by atoms with Crippen molar-refractivity contribution in [2.45, 2.75) is 0 Å². The number of aromatic nitrogens is 2. The van der Waals surface area contributed by atoms with Gasteiger partial charge in [0.05, 0.1) is 18.2 Å². The van der Waals surface area contributed by atoms with Gasteiger partial charge in [-0.3, -0.25) is 14.8 Å². The van der Waals surface area contributed by atoms with Crippen molar-refractivity contribution >= 4 is 23.8 Å². The summed E-state index contributed by atoms with van der Waals surface area (Å²) in [5.74, 6) is 0.274. The molecule has 0 bridgehead atoms. The van der Waals surface area contributed by atoms with Gasteiger partial charge in [0, 0.05) is 68.4 Å². The van der Waals surface area contributed by atoms with Gasteiger partial charge in [-0.2, -0.15) is 5.10 Å². The zero-order valence-electron chi connectivity index (χ0n) is 13.6. The van der Waals surface area contributed by atoms with Crippen LogP contribution in [0.1, 0.15) is 0 Å². The van der Waals surface area contributed by atoms with Crippen LogP contribution in [0.25, 0.3) is 11.1 Å². The number of ether oxygens (including phenoxy) is 1. The molecule has 24 heavy (non-hydrogen) atoms. The molecule has 0 aliphatic carbocycles. The van der Waals surface area contributed by atoms with E-state index in [2.05, 4.69) is 15.3 Å². The Balaban J connectivity index is 0.00000208. The predicted octanol–water partition coefficient (Wildman–Crippen LogP) is 1.84. The molecule has 1 aliphatic rings. The number of nitrogens with one attached hydrogen (secondary N) is 1. The molecule has 1 aliphatic heterocycles. The average molecular weight is 354 g/mol. The highest BCUT2D eigenvalue weighted by atomic mass is 35.5. The molecule has 9 heteroatoms. The van der Waals surface area contributed by atoms with E-state index in [1.165, 1.54) is 7.11 Å². The van der Waals surface area contributed by atoms with Gasteiger partial charge in [-0.05, 0) is 0 Å². The van der Waals surface area contributed by atoms with Crippen molar-refractivity contribution in [3.05, 3.63) is 34.6 Å². The molecule has 0 saturated carbocycles. The van der Waals surface area contributed by atoms with E-state index in [-0.39, 0.29) is 23.8 Å². The summed E-state index contributed by atoms with van der Waals surface area (Å²) in [6.45, 7) is 3.44. The molecule has 3 rings (SSSR count). The minimum Gasteiger partial charge on any atom is -0.490 e. The van der Waals surface area contributed by atoms with E-state index >= 15 is 0 Å². The number of anilines is 1. The van der Waals surface area contributed by atoms with Crippen LogP contribution in [0.2, 0.25) is 0 Å². The molecule has 8 nitrogen and oxygen atoms in total. The third-order valence-electron chi connectivity index (χ3n) is 3.97. The topological polar surface area (TPSA) is 85.5 Å². The van der Waals surface area contributed by atoms with Gasteiger partial charge in [0.15, 0.2) is 5.75 Å². The second-order valence-electron chi connectivity index (χ2n) is 5.44. The molecule has 0 spiro atoms. The van der Waals surface area contributed by atoms with E-state index in [0.29, 0.717) is 0 Å². The quantitative estimate of drug-likeness (QED) is 0.666. The van der Waals surface area contributed by atoms with Gasteiger partial charge in [-0.15, -0.1) is 12.4 Å². The Hall–Kier alpha value is -2.32. The van der Waals surface area contributed by atoms with E-state index in [1.807, 2.05) is 13.2 Å². The fraction of sp³-hybridized carbons (Fsp3) is 0.400. The van der Waals surface area contributed by atoms with Crippen LogP contribution in [-0.2, 0) is 7.05 Å². The van der Waals surface area contributed by atoms with Gasteiger partial charge < -0.3 is 15.0 Å². The van der Waals surface area contributed by atoms with Gasteiger partial charge in [-0.25, -0.2) is 0 Å². The van der Waals surface area contributed by atoms with Crippen molar-refractivity contribution < 1.29 is 9.66 Å². The molecule has 1 N–H and O–H groups in total. The number of nitro groups is 1. The molecule has 1 aromatic carbocycles. The third kappa shape index (κ3) is 3.44. The fourth-order valence-electron chi connectivity index (χ4n) is 2.82. The SMILES string of the molecule is COc1cc(N2CCNCC2)c(-c2cnn(C)c2)cc1[N+](=O)[O-].Cl. The molecule has 2 aromatic rings. The lowest BCUT2D eigenvalue weighted by Crippen LogP contribution is -2.43. The molecule has 0 amide bonds. The number of nitro benzene ring substituents is 1. The van der Waals surface area contributed by atoms with Gasteiger partial charge in [0.25, 0.3) is 0 Å². The fourth-order valence-corrected chi connectivity index (χ4v) is 2.82. The molecule has 2 heterocycles. The van der Waals surface area contributed by atoms with Crippen molar-refractivity contribution in [1.29, 1.82) is 0 Å². The minimum absolute atomic E-state index is 0. The Labute approximate surface area is 146 Å². The van der Waals surface area contributed by atoms with Crippen molar-refractivity contribution in [3.8, 4) is 16.9 Å². The Morgan fingerprint density at radius 2 is 2.04 bits per heavy atom. The van der Waals surface area contributed by atoms with E-state index in [1.54, 1.807) is 23.0 Å².